The molecule has 1 aliphatic carbocycles. The highest BCUT2D eigenvalue weighted by Gasteiger charge is 2.29. The van der Waals surface area contributed by atoms with Gasteiger partial charge in [-0.3, -0.25) is 14.6 Å². The Morgan fingerprint density at radius 2 is 1.75 bits per heavy atom. The zero-order valence-electron chi connectivity index (χ0n) is 18.6. The van der Waals surface area contributed by atoms with Gasteiger partial charge in [-0.25, -0.2) is 4.98 Å². The van der Waals surface area contributed by atoms with Crippen molar-refractivity contribution in [3.8, 4) is 23.2 Å². The van der Waals surface area contributed by atoms with E-state index in [0.717, 1.165) is 18.5 Å². The minimum absolute atomic E-state index is 0.241. The molecule has 1 amide bonds. The molecule has 2 heterocycles. The number of aryl methyl sites for hydroxylation is 1. The second-order valence-electron chi connectivity index (χ2n) is 7.61. The number of aromatic nitrogens is 4. The minimum atomic E-state index is -0.404. The standard InChI is InChI=1S/C22H25N5O5/c1-11-12(2)23-22(25-20(11)28)27-18(10-15(26-27)13-6-7-13)24-21(29)14-8-16(30-3)19(32-5)17(9-14)31-4/h8-10,13H,6-7H2,1-5H3,(H,24,29)(H,23,25,28). The van der Waals surface area contributed by atoms with Crippen LogP contribution in [0.3, 0.4) is 0 Å². The third-order valence-electron chi connectivity index (χ3n) is 5.48. The van der Waals surface area contributed by atoms with Gasteiger partial charge in [0.25, 0.3) is 11.5 Å². The number of carbonyl (C=O) groups is 1. The zero-order valence-corrected chi connectivity index (χ0v) is 18.6. The SMILES string of the molecule is COc1cc(C(=O)Nc2cc(C3CC3)nn2-c2nc(C)c(C)c(=O)[nH]2)cc(OC)c1OC. The summed E-state index contributed by atoms with van der Waals surface area (Å²) in [7, 11) is 4.46. The molecule has 0 spiro atoms. The molecular weight excluding hydrogens is 414 g/mol. The molecule has 1 aromatic carbocycles. The van der Waals surface area contributed by atoms with Gasteiger partial charge in [-0.15, -0.1) is 0 Å². The third kappa shape index (κ3) is 3.91. The number of hydrogen-bond acceptors (Lipinski definition) is 7. The maximum absolute atomic E-state index is 13.1. The molecule has 2 N–H and O–H groups in total. The fourth-order valence-electron chi connectivity index (χ4n) is 3.36. The lowest BCUT2D eigenvalue weighted by molar-refractivity contribution is 0.102. The molecule has 32 heavy (non-hydrogen) atoms. The summed E-state index contributed by atoms with van der Waals surface area (Å²) in [4.78, 5) is 32.6. The first-order valence-corrected chi connectivity index (χ1v) is 10.2. The number of nitrogens with one attached hydrogen (secondary N) is 2. The van der Waals surface area contributed by atoms with Crippen LogP contribution < -0.4 is 25.1 Å². The molecule has 10 heteroatoms. The molecule has 0 aliphatic heterocycles. The summed E-state index contributed by atoms with van der Waals surface area (Å²) in [5.74, 6) is 1.70. The Bertz CT molecular complexity index is 1220. The van der Waals surface area contributed by atoms with E-state index in [1.807, 2.05) is 6.07 Å². The summed E-state index contributed by atoms with van der Waals surface area (Å²) in [5, 5.41) is 7.47. The summed E-state index contributed by atoms with van der Waals surface area (Å²) in [6, 6.07) is 4.94. The van der Waals surface area contributed by atoms with Crippen LogP contribution in [-0.4, -0.2) is 47.0 Å². The molecule has 168 valence electrons. The second-order valence-corrected chi connectivity index (χ2v) is 7.61. The van der Waals surface area contributed by atoms with Gasteiger partial charge >= 0.3 is 0 Å². The molecular formula is C22H25N5O5. The summed E-state index contributed by atoms with van der Waals surface area (Å²) < 4.78 is 17.5. The van der Waals surface area contributed by atoms with Crippen LogP contribution in [0.2, 0.25) is 0 Å². The Morgan fingerprint density at radius 3 is 2.28 bits per heavy atom. The molecule has 2 aromatic heterocycles. The lowest BCUT2D eigenvalue weighted by atomic mass is 10.1. The van der Waals surface area contributed by atoms with Gasteiger partial charge in [0.1, 0.15) is 5.82 Å². The number of hydrogen-bond donors (Lipinski definition) is 2. The quantitative estimate of drug-likeness (QED) is 0.581. The molecule has 3 aromatic rings. The van der Waals surface area contributed by atoms with Crippen LogP contribution in [0.5, 0.6) is 17.2 Å². The number of H-pyrrole nitrogens is 1. The van der Waals surface area contributed by atoms with E-state index in [1.165, 1.54) is 26.0 Å². The van der Waals surface area contributed by atoms with E-state index in [4.69, 9.17) is 14.2 Å². The van der Waals surface area contributed by atoms with Crippen molar-refractivity contribution < 1.29 is 19.0 Å². The van der Waals surface area contributed by atoms with Gasteiger partial charge < -0.3 is 19.5 Å². The monoisotopic (exact) mass is 439 g/mol. The highest BCUT2D eigenvalue weighted by Crippen LogP contribution is 2.41. The Morgan fingerprint density at radius 1 is 1.09 bits per heavy atom. The molecule has 4 rings (SSSR count). The van der Waals surface area contributed by atoms with E-state index < -0.39 is 5.91 Å². The Labute approximate surface area is 184 Å². The number of aromatic amines is 1. The maximum Gasteiger partial charge on any atom is 0.257 e. The topological polar surface area (TPSA) is 120 Å². The van der Waals surface area contributed by atoms with Crippen molar-refractivity contribution in [2.24, 2.45) is 0 Å². The summed E-state index contributed by atoms with van der Waals surface area (Å²) >= 11 is 0. The molecule has 1 aliphatic rings. The predicted octanol–water partition coefficient (Wildman–Crippen LogP) is 2.73. The van der Waals surface area contributed by atoms with Crippen LogP contribution in [0, 0.1) is 13.8 Å². The van der Waals surface area contributed by atoms with Crippen molar-refractivity contribution >= 4 is 11.7 Å². The average molecular weight is 439 g/mol. The lowest BCUT2D eigenvalue weighted by Gasteiger charge is -2.14. The van der Waals surface area contributed by atoms with Crippen LogP contribution in [0.1, 0.15) is 46.1 Å². The molecule has 0 radical (unpaired) electrons. The second kappa shape index (κ2) is 8.37. The summed E-state index contributed by atoms with van der Waals surface area (Å²) in [6.45, 7) is 3.46. The van der Waals surface area contributed by atoms with Crippen molar-refractivity contribution in [3.05, 3.63) is 51.1 Å². The van der Waals surface area contributed by atoms with Gasteiger partial charge in [0.15, 0.2) is 11.5 Å². The van der Waals surface area contributed by atoms with Crippen molar-refractivity contribution in [2.45, 2.75) is 32.6 Å². The third-order valence-corrected chi connectivity index (χ3v) is 5.48. The number of anilines is 1. The number of rotatable bonds is 7. The van der Waals surface area contributed by atoms with Gasteiger partial charge in [0.2, 0.25) is 11.7 Å². The Kier molecular flexibility index (Phi) is 5.60. The molecule has 1 fully saturated rings. The average Bonchev–Trinajstić information content (AvgIpc) is 3.56. The first-order valence-electron chi connectivity index (χ1n) is 10.2. The fourth-order valence-corrected chi connectivity index (χ4v) is 3.36. The van der Waals surface area contributed by atoms with E-state index in [1.54, 1.807) is 26.0 Å². The Balaban J connectivity index is 1.73. The highest BCUT2D eigenvalue weighted by molar-refractivity contribution is 6.04. The first kappa shape index (κ1) is 21.4. The van der Waals surface area contributed by atoms with E-state index in [2.05, 4.69) is 20.4 Å². The van der Waals surface area contributed by atoms with Gasteiger partial charge in [0.05, 0.1) is 27.0 Å². The number of carbonyl (C=O) groups excluding carboxylic acids is 1. The summed E-state index contributed by atoms with van der Waals surface area (Å²) in [5.41, 5.74) is 2.02. The zero-order chi connectivity index (χ0) is 23.0. The van der Waals surface area contributed by atoms with E-state index in [0.29, 0.717) is 45.8 Å². The van der Waals surface area contributed by atoms with Crippen LogP contribution >= 0.6 is 0 Å². The number of benzene rings is 1. The van der Waals surface area contributed by atoms with Crippen LogP contribution in [0.4, 0.5) is 5.82 Å². The largest absolute Gasteiger partial charge is 0.493 e. The first-order chi connectivity index (χ1) is 15.4. The smallest absolute Gasteiger partial charge is 0.257 e. The maximum atomic E-state index is 13.1. The van der Waals surface area contributed by atoms with Crippen LogP contribution in [0.25, 0.3) is 5.95 Å². The molecule has 1 saturated carbocycles. The summed E-state index contributed by atoms with van der Waals surface area (Å²) in [6.07, 6.45) is 2.07. The number of amides is 1. The normalized spacial score (nSPS) is 13.0. The predicted molar refractivity (Wildman–Crippen MR) is 117 cm³/mol. The van der Waals surface area contributed by atoms with Gasteiger partial charge in [-0.1, -0.05) is 0 Å². The van der Waals surface area contributed by atoms with E-state index in [9.17, 15) is 9.59 Å². The van der Waals surface area contributed by atoms with E-state index >= 15 is 0 Å². The van der Waals surface area contributed by atoms with Crippen molar-refractivity contribution in [1.82, 2.24) is 19.7 Å². The number of nitrogens with zero attached hydrogens (tertiary/aromatic N) is 3. The molecule has 0 atom stereocenters. The van der Waals surface area contributed by atoms with Crippen LogP contribution in [-0.2, 0) is 0 Å². The van der Waals surface area contributed by atoms with Crippen molar-refractivity contribution in [3.63, 3.8) is 0 Å². The highest BCUT2D eigenvalue weighted by atomic mass is 16.5. The van der Waals surface area contributed by atoms with Gasteiger partial charge in [-0.2, -0.15) is 9.78 Å². The Hall–Kier alpha value is -3.82. The molecule has 0 saturated heterocycles. The minimum Gasteiger partial charge on any atom is -0.493 e. The van der Waals surface area contributed by atoms with Gasteiger partial charge in [-0.05, 0) is 38.8 Å². The molecule has 0 unspecified atom stereocenters. The van der Waals surface area contributed by atoms with Crippen LogP contribution in [0.15, 0.2) is 23.0 Å². The number of ether oxygens (including phenoxy) is 3. The number of methoxy groups -OCH3 is 3. The van der Waals surface area contributed by atoms with Crippen molar-refractivity contribution in [2.75, 3.05) is 26.6 Å². The fraction of sp³-hybridized carbons (Fsp3) is 0.364. The van der Waals surface area contributed by atoms with Crippen molar-refractivity contribution in [1.29, 1.82) is 0 Å². The molecule has 10 nitrogen and oxygen atoms in total. The van der Waals surface area contributed by atoms with Gasteiger partial charge in [0, 0.05) is 28.8 Å². The molecule has 0 bridgehead atoms. The lowest BCUT2D eigenvalue weighted by Crippen LogP contribution is -2.21. The van der Waals surface area contributed by atoms with E-state index in [-0.39, 0.29) is 11.5 Å².